The number of nitriles is 1. The molecule has 2 fully saturated rings. The van der Waals surface area contributed by atoms with E-state index in [9.17, 15) is 31.6 Å². The van der Waals surface area contributed by atoms with Crippen LogP contribution in [-0.4, -0.2) is 47.5 Å². The Morgan fingerprint density at radius 1 is 1.15 bits per heavy atom. The number of amides is 1. The van der Waals surface area contributed by atoms with Gasteiger partial charge in [0.1, 0.15) is 17.4 Å². The highest BCUT2D eigenvalue weighted by atomic mass is 32.2. The number of nitrogens with zero attached hydrogens (tertiary/aromatic N) is 4. The standard InChI is InChI=1S/C27H26F3N5O3S/c1-18-13-24(35(33-18)15-19-7-3-2-4-8-19)34-16-20(14-22(34)25(36)32-26(17-31)11-12-26)39(37,38)23-10-6-5-9-21(23)27(28,29)30/h2-10,13,20,22H,11-12,14-16H2,1H3,(H,32,36)/t20-,22-/m1/s1. The van der Waals surface area contributed by atoms with Crippen molar-refractivity contribution in [2.45, 2.75) is 60.6 Å². The molecule has 0 bridgehead atoms. The molecule has 1 aliphatic carbocycles. The van der Waals surface area contributed by atoms with Gasteiger partial charge in [0.15, 0.2) is 9.84 Å². The van der Waals surface area contributed by atoms with Crippen molar-refractivity contribution >= 4 is 21.6 Å². The van der Waals surface area contributed by atoms with Crippen LogP contribution in [0, 0.1) is 18.3 Å². The van der Waals surface area contributed by atoms with Crippen LogP contribution >= 0.6 is 0 Å². The second-order valence-corrected chi connectivity index (χ2v) is 12.2. The molecule has 0 spiro atoms. The van der Waals surface area contributed by atoms with Gasteiger partial charge in [-0.3, -0.25) is 4.79 Å². The molecule has 1 amide bonds. The summed E-state index contributed by atoms with van der Waals surface area (Å²) in [5, 5.41) is 15.5. The summed E-state index contributed by atoms with van der Waals surface area (Å²) < 4.78 is 70.1. The van der Waals surface area contributed by atoms with Gasteiger partial charge in [-0.2, -0.15) is 23.5 Å². The van der Waals surface area contributed by atoms with Crippen LogP contribution in [0.25, 0.3) is 0 Å². The first kappa shape index (κ1) is 26.7. The van der Waals surface area contributed by atoms with Gasteiger partial charge in [-0.05, 0) is 43.9 Å². The van der Waals surface area contributed by atoms with Crippen LogP contribution in [-0.2, 0) is 27.4 Å². The number of anilines is 1. The molecule has 39 heavy (non-hydrogen) atoms. The van der Waals surface area contributed by atoms with Crippen LogP contribution in [0.3, 0.4) is 0 Å². The van der Waals surface area contributed by atoms with E-state index in [2.05, 4.69) is 16.5 Å². The number of alkyl halides is 3. The first-order chi connectivity index (χ1) is 18.4. The molecule has 0 unspecified atom stereocenters. The summed E-state index contributed by atoms with van der Waals surface area (Å²) in [5.41, 5.74) is -0.685. The second-order valence-electron chi connectivity index (χ2n) is 10.0. The number of aryl methyl sites for hydroxylation is 1. The molecule has 3 aromatic rings. The van der Waals surface area contributed by atoms with Crippen molar-refractivity contribution in [1.29, 1.82) is 5.26 Å². The normalized spacial score (nSPS) is 20.4. The summed E-state index contributed by atoms with van der Waals surface area (Å²) in [6, 6.07) is 16.3. The summed E-state index contributed by atoms with van der Waals surface area (Å²) >= 11 is 0. The van der Waals surface area contributed by atoms with Crippen molar-refractivity contribution in [1.82, 2.24) is 15.1 Å². The maximum Gasteiger partial charge on any atom is 0.417 e. The topological polar surface area (TPSA) is 108 Å². The summed E-state index contributed by atoms with van der Waals surface area (Å²) in [4.78, 5) is 14.2. The van der Waals surface area contributed by atoms with Crippen molar-refractivity contribution in [3.05, 3.63) is 77.5 Å². The lowest BCUT2D eigenvalue weighted by Crippen LogP contribution is -2.48. The number of rotatable bonds is 7. The largest absolute Gasteiger partial charge is 0.417 e. The minimum Gasteiger partial charge on any atom is -0.343 e. The van der Waals surface area contributed by atoms with E-state index in [1.807, 2.05) is 30.3 Å². The molecule has 0 radical (unpaired) electrons. The fourth-order valence-corrected chi connectivity index (χ4v) is 6.91. The predicted molar refractivity (Wildman–Crippen MR) is 136 cm³/mol. The van der Waals surface area contributed by atoms with E-state index in [1.165, 1.54) is 6.07 Å². The second kappa shape index (κ2) is 9.72. The van der Waals surface area contributed by atoms with Gasteiger partial charge in [-0.15, -0.1) is 0 Å². The first-order valence-electron chi connectivity index (χ1n) is 12.4. The van der Waals surface area contributed by atoms with Crippen molar-refractivity contribution in [2.24, 2.45) is 0 Å². The van der Waals surface area contributed by atoms with Gasteiger partial charge in [0.25, 0.3) is 0 Å². The van der Waals surface area contributed by atoms with E-state index in [1.54, 1.807) is 22.6 Å². The summed E-state index contributed by atoms with van der Waals surface area (Å²) in [7, 11) is -4.49. The first-order valence-corrected chi connectivity index (χ1v) is 14.0. The van der Waals surface area contributed by atoms with Crippen LogP contribution in [0.15, 0.2) is 65.6 Å². The minimum atomic E-state index is -4.87. The molecule has 5 rings (SSSR count). The number of aromatic nitrogens is 2. The van der Waals surface area contributed by atoms with Crippen molar-refractivity contribution in [3.8, 4) is 6.07 Å². The Balaban J connectivity index is 1.53. The monoisotopic (exact) mass is 557 g/mol. The number of sulfone groups is 1. The Hall–Kier alpha value is -3.85. The molecule has 8 nitrogen and oxygen atoms in total. The van der Waals surface area contributed by atoms with Gasteiger partial charge in [0.2, 0.25) is 5.91 Å². The third kappa shape index (κ3) is 5.23. The lowest BCUT2D eigenvalue weighted by atomic mass is 10.1. The number of hydrogen-bond acceptors (Lipinski definition) is 6. The smallest absolute Gasteiger partial charge is 0.343 e. The Morgan fingerprint density at radius 2 is 1.82 bits per heavy atom. The maximum absolute atomic E-state index is 13.7. The Labute approximate surface area is 224 Å². The third-order valence-electron chi connectivity index (χ3n) is 7.18. The van der Waals surface area contributed by atoms with Gasteiger partial charge in [-0.25, -0.2) is 13.1 Å². The van der Waals surface area contributed by atoms with Crippen LogP contribution in [0.2, 0.25) is 0 Å². The summed E-state index contributed by atoms with van der Waals surface area (Å²) in [6.07, 6.45) is -4.14. The van der Waals surface area contributed by atoms with E-state index in [-0.39, 0.29) is 13.0 Å². The van der Waals surface area contributed by atoms with Gasteiger partial charge in [-0.1, -0.05) is 42.5 Å². The van der Waals surface area contributed by atoms with E-state index < -0.39 is 49.2 Å². The van der Waals surface area contributed by atoms with Crippen LogP contribution in [0.5, 0.6) is 0 Å². The molecule has 2 aromatic carbocycles. The number of halogens is 3. The lowest BCUT2D eigenvalue weighted by Gasteiger charge is -2.27. The molecule has 2 aliphatic rings. The number of carbonyl (C=O) groups excluding carboxylic acids is 1. The minimum absolute atomic E-state index is 0.216. The van der Waals surface area contributed by atoms with Crippen molar-refractivity contribution in [2.75, 3.05) is 11.4 Å². The summed E-state index contributed by atoms with van der Waals surface area (Å²) in [5.74, 6) is -0.0684. The zero-order chi connectivity index (χ0) is 28.0. The highest BCUT2D eigenvalue weighted by Gasteiger charge is 2.50. The van der Waals surface area contributed by atoms with Gasteiger partial charge in [0, 0.05) is 12.6 Å². The molecule has 1 aliphatic heterocycles. The molecule has 204 valence electrons. The fraction of sp³-hybridized carbons (Fsp3) is 0.370. The zero-order valence-electron chi connectivity index (χ0n) is 21.0. The fourth-order valence-electron chi connectivity index (χ4n) is 5.00. The van der Waals surface area contributed by atoms with E-state index in [0.717, 1.165) is 23.8 Å². The average Bonchev–Trinajstić information content (AvgIpc) is 3.35. The van der Waals surface area contributed by atoms with Crippen molar-refractivity contribution in [3.63, 3.8) is 0 Å². The highest BCUT2D eigenvalue weighted by molar-refractivity contribution is 7.92. The highest BCUT2D eigenvalue weighted by Crippen LogP contribution is 2.40. The molecular weight excluding hydrogens is 531 g/mol. The maximum atomic E-state index is 13.7. The van der Waals surface area contributed by atoms with Crippen LogP contribution in [0.1, 0.15) is 36.1 Å². The molecule has 12 heteroatoms. The molecule has 1 N–H and O–H groups in total. The molecule has 1 saturated carbocycles. The number of hydrogen-bond donors (Lipinski definition) is 1. The van der Waals surface area contributed by atoms with Gasteiger partial charge >= 0.3 is 6.18 Å². The molecule has 2 heterocycles. The third-order valence-corrected chi connectivity index (χ3v) is 9.37. The Morgan fingerprint density at radius 3 is 2.46 bits per heavy atom. The van der Waals surface area contributed by atoms with E-state index in [0.29, 0.717) is 30.9 Å². The molecular formula is C27H26F3N5O3S. The van der Waals surface area contributed by atoms with Gasteiger partial charge < -0.3 is 10.2 Å². The predicted octanol–water partition coefficient (Wildman–Crippen LogP) is 3.85. The quantitative estimate of drug-likeness (QED) is 0.473. The van der Waals surface area contributed by atoms with Crippen LogP contribution in [0.4, 0.5) is 19.0 Å². The molecule has 2 atom stereocenters. The summed E-state index contributed by atoms with van der Waals surface area (Å²) in [6.45, 7) is 1.89. The lowest BCUT2D eigenvalue weighted by molar-refractivity contribution is -0.139. The van der Waals surface area contributed by atoms with Gasteiger partial charge in [0.05, 0.1) is 34.0 Å². The Bertz CT molecular complexity index is 1540. The number of carbonyl (C=O) groups is 1. The number of nitrogens with one attached hydrogen (secondary N) is 1. The SMILES string of the molecule is Cc1cc(N2C[C@H](S(=O)(=O)c3ccccc3C(F)(F)F)C[C@@H]2C(=O)NC2(C#N)CC2)n(Cc2ccccc2)n1. The van der Waals surface area contributed by atoms with Crippen molar-refractivity contribution < 1.29 is 26.4 Å². The average molecular weight is 558 g/mol. The van der Waals surface area contributed by atoms with E-state index in [4.69, 9.17) is 0 Å². The molecule has 1 saturated heterocycles. The zero-order valence-corrected chi connectivity index (χ0v) is 21.8. The number of benzene rings is 2. The van der Waals surface area contributed by atoms with E-state index >= 15 is 0 Å². The Kier molecular flexibility index (Phi) is 6.66. The van der Waals surface area contributed by atoms with Crippen LogP contribution < -0.4 is 10.2 Å². The molecule has 1 aromatic heterocycles.